The number of aromatic nitrogens is 4. The van der Waals surface area contributed by atoms with E-state index < -0.39 is 0 Å². The number of piperidine rings is 1. The molecule has 5 heterocycles. The van der Waals surface area contributed by atoms with Crippen LogP contribution in [0, 0.1) is 11.8 Å². The minimum atomic E-state index is 0.0000932. The fourth-order valence-corrected chi connectivity index (χ4v) is 7.93. The number of ether oxygens (including phenoxy) is 1. The van der Waals surface area contributed by atoms with Crippen LogP contribution in [0.5, 0.6) is 5.75 Å². The molecule has 2 bridgehead atoms. The summed E-state index contributed by atoms with van der Waals surface area (Å²) in [6, 6.07) is 18.7. The molecule has 4 fully saturated rings. The zero-order valence-electron chi connectivity index (χ0n) is 26.1. The third-order valence-electron chi connectivity index (χ3n) is 10.8. The van der Waals surface area contributed by atoms with Gasteiger partial charge in [-0.3, -0.25) is 9.59 Å². The quantitative estimate of drug-likeness (QED) is 0.254. The van der Waals surface area contributed by atoms with Crippen molar-refractivity contribution in [2.45, 2.75) is 56.8 Å². The van der Waals surface area contributed by atoms with Gasteiger partial charge in [-0.05, 0) is 73.4 Å². The number of nitrogens with one attached hydrogen (secondary N) is 1. The van der Waals surface area contributed by atoms with Crippen LogP contribution in [0.15, 0.2) is 54.6 Å². The van der Waals surface area contributed by atoms with E-state index >= 15 is 0 Å². The Kier molecular flexibility index (Phi) is 6.09. The zero-order valence-corrected chi connectivity index (χ0v) is 26.1. The summed E-state index contributed by atoms with van der Waals surface area (Å²) in [4.78, 5) is 37.4. The van der Waals surface area contributed by atoms with Crippen LogP contribution in [0.25, 0.3) is 44.8 Å². The topological polar surface area (TPSA) is 120 Å². The summed E-state index contributed by atoms with van der Waals surface area (Å²) in [7, 11) is 3.66. The highest BCUT2D eigenvalue weighted by Crippen LogP contribution is 2.40. The lowest BCUT2D eigenvalue weighted by Crippen LogP contribution is -2.41. The summed E-state index contributed by atoms with van der Waals surface area (Å²) < 4.78 is 10.3. The minimum absolute atomic E-state index is 0.0000932. The van der Waals surface area contributed by atoms with Crippen LogP contribution in [0.2, 0.25) is 0 Å². The molecule has 4 unspecified atom stereocenters. The maximum absolute atomic E-state index is 13.7. The van der Waals surface area contributed by atoms with Gasteiger partial charge < -0.3 is 29.8 Å². The number of carbonyl (C=O) groups is 2. The molecular weight excluding hydrogens is 578 g/mol. The first-order chi connectivity index (χ1) is 22.4. The molecule has 4 aliphatic rings. The lowest BCUT2D eigenvalue weighted by Gasteiger charge is -2.27. The maximum Gasteiger partial charge on any atom is 0.254 e. The fourth-order valence-electron chi connectivity index (χ4n) is 7.93. The van der Waals surface area contributed by atoms with Gasteiger partial charge in [-0.15, -0.1) is 0 Å². The number of likely N-dealkylation sites (tertiary alicyclic amines) is 1. The van der Waals surface area contributed by atoms with Gasteiger partial charge in [0.25, 0.3) is 5.91 Å². The molecular formula is C36H37N7O3. The highest BCUT2D eigenvalue weighted by molar-refractivity contribution is 6.00. The number of hydrogen-bond acceptors (Lipinski definition) is 6. The van der Waals surface area contributed by atoms with Crippen LogP contribution >= 0.6 is 0 Å². The second-order valence-corrected chi connectivity index (χ2v) is 13.6. The van der Waals surface area contributed by atoms with Crippen LogP contribution in [0.4, 0.5) is 0 Å². The van der Waals surface area contributed by atoms with Gasteiger partial charge in [0.2, 0.25) is 5.91 Å². The second kappa shape index (κ2) is 10.2. The van der Waals surface area contributed by atoms with E-state index in [1.165, 1.54) is 12.8 Å². The van der Waals surface area contributed by atoms with Gasteiger partial charge in [0.05, 0.1) is 36.5 Å². The van der Waals surface area contributed by atoms with Crippen molar-refractivity contribution in [1.29, 1.82) is 0 Å². The normalized spacial score (nSPS) is 23.7. The van der Waals surface area contributed by atoms with Crippen LogP contribution in [-0.4, -0.2) is 61.6 Å². The van der Waals surface area contributed by atoms with Crippen LogP contribution in [-0.2, 0) is 18.4 Å². The maximum atomic E-state index is 13.7. The number of nitrogens with two attached hydrogens (primary N) is 1. The molecule has 234 valence electrons. The number of β-lactam (4-membered cyclic amide) rings is 1. The van der Waals surface area contributed by atoms with E-state index in [9.17, 15) is 9.59 Å². The van der Waals surface area contributed by atoms with E-state index in [4.69, 9.17) is 20.4 Å². The van der Waals surface area contributed by atoms with Gasteiger partial charge in [-0.1, -0.05) is 24.3 Å². The standard InChI is InChI=1S/C36H37N7O3/c1-41-33-27(13-24(15-30(33)46-2)36(45)43-18-23-10-12-28(43)32(23)37)40-35(41)29-14-22-9-11-25(39-34(22)42(29)17-19-3-4-19)20-5-7-21(8-6-20)26-16-31(44)38-26/h5-9,11,13-15,19,23,26,28,32H,3-4,10,12,16-18,37H2,1-2H3,(H,38,44). The molecule has 5 aromatic rings. The molecule has 0 spiro atoms. The molecule has 2 saturated heterocycles. The van der Waals surface area contributed by atoms with Gasteiger partial charge in [0.15, 0.2) is 5.82 Å². The third-order valence-corrected chi connectivity index (χ3v) is 10.8. The molecule has 10 heteroatoms. The van der Waals surface area contributed by atoms with Gasteiger partial charge in [0.1, 0.15) is 16.9 Å². The lowest BCUT2D eigenvalue weighted by atomic mass is 9.96. The number of fused-ring (bicyclic) bond motifs is 4. The lowest BCUT2D eigenvalue weighted by molar-refractivity contribution is -0.128. The summed E-state index contributed by atoms with van der Waals surface area (Å²) in [5.74, 6) is 2.55. The molecule has 9 rings (SSSR count). The first kappa shape index (κ1) is 27.6. The van der Waals surface area contributed by atoms with Crippen molar-refractivity contribution in [1.82, 2.24) is 29.3 Å². The molecule has 46 heavy (non-hydrogen) atoms. The SMILES string of the molecule is COc1cc(C(=O)N2CC3CCC2C3N)cc2nc(-c3cc4ccc(-c5ccc(C6CC(=O)N6)cc5)nc4n3CC3CC3)n(C)c12. The Morgan fingerprint density at radius 1 is 1.04 bits per heavy atom. The minimum Gasteiger partial charge on any atom is -0.494 e. The van der Waals surface area contributed by atoms with Crippen LogP contribution in [0.1, 0.15) is 54.1 Å². The fraction of sp³-hybridized carbons (Fsp3) is 0.389. The number of carbonyl (C=O) groups excluding carboxylic acids is 2. The highest BCUT2D eigenvalue weighted by atomic mass is 16.5. The van der Waals surface area contributed by atoms with Crippen molar-refractivity contribution in [3.05, 3.63) is 65.7 Å². The van der Waals surface area contributed by atoms with Crippen molar-refractivity contribution in [2.75, 3.05) is 13.7 Å². The molecule has 3 N–H and O–H groups in total. The Bertz CT molecular complexity index is 2050. The number of benzene rings is 2. The van der Waals surface area contributed by atoms with Crippen molar-refractivity contribution in [3.8, 4) is 28.5 Å². The average molecular weight is 616 g/mol. The van der Waals surface area contributed by atoms with E-state index in [-0.39, 0.29) is 29.9 Å². The van der Waals surface area contributed by atoms with Crippen molar-refractivity contribution < 1.29 is 14.3 Å². The van der Waals surface area contributed by atoms with Gasteiger partial charge in [-0.2, -0.15) is 0 Å². The molecule has 2 saturated carbocycles. The van der Waals surface area contributed by atoms with Gasteiger partial charge >= 0.3 is 0 Å². The second-order valence-electron chi connectivity index (χ2n) is 13.6. The number of pyridine rings is 1. The molecule has 10 nitrogen and oxygen atoms in total. The Hall–Kier alpha value is -4.70. The summed E-state index contributed by atoms with van der Waals surface area (Å²) in [6.45, 7) is 1.59. The third kappa shape index (κ3) is 4.26. The Morgan fingerprint density at radius 3 is 2.52 bits per heavy atom. The molecule has 2 amide bonds. The van der Waals surface area contributed by atoms with Gasteiger partial charge in [0, 0.05) is 48.7 Å². The van der Waals surface area contributed by atoms with Crippen LogP contribution in [0.3, 0.4) is 0 Å². The summed E-state index contributed by atoms with van der Waals surface area (Å²) in [5.41, 5.74) is 13.6. The van der Waals surface area contributed by atoms with E-state index in [0.29, 0.717) is 29.6 Å². The van der Waals surface area contributed by atoms with E-state index in [1.54, 1.807) is 7.11 Å². The van der Waals surface area contributed by atoms with Crippen molar-refractivity contribution in [2.24, 2.45) is 24.6 Å². The molecule has 2 aliphatic heterocycles. The molecule has 0 radical (unpaired) electrons. The highest BCUT2D eigenvalue weighted by Gasteiger charge is 2.47. The largest absolute Gasteiger partial charge is 0.494 e. The van der Waals surface area contributed by atoms with E-state index in [0.717, 1.165) is 76.3 Å². The number of methoxy groups -OCH3 is 1. The predicted molar refractivity (Wildman–Crippen MR) is 175 cm³/mol. The number of hydrogen-bond donors (Lipinski definition) is 2. The van der Waals surface area contributed by atoms with Crippen LogP contribution < -0.4 is 15.8 Å². The summed E-state index contributed by atoms with van der Waals surface area (Å²) >= 11 is 0. The van der Waals surface area contributed by atoms with E-state index in [2.05, 4.69) is 56.9 Å². The predicted octanol–water partition coefficient (Wildman–Crippen LogP) is 4.80. The van der Waals surface area contributed by atoms with Crippen molar-refractivity contribution in [3.63, 3.8) is 0 Å². The zero-order chi connectivity index (χ0) is 31.3. The number of rotatable bonds is 7. The Balaban J connectivity index is 1.11. The smallest absolute Gasteiger partial charge is 0.254 e. The number of imidazole rings is 1. The number of amides is 2. The molecule has 4 atom stereocenters. The Labute approximate surface area is 266 Å². The first-order valence-electron chi connectivity index (χ1n) is 16.4. The molecule has 2 aromatic carbocycles. The average Bonchev–Trinajstić information content (AvgIpc) is 3.46. The summed E-state index contributed by atoms with van der Waals surface area (Å²) in [6.07, 6.45) is 5.03. The van der Waals surface area contributed by atoms with E-state index in [1.807, 2.05) is 24.1 Å². The molecule has 2 aliphatic carbocycles. The number of aryl methyl sites for hydroxylation is 1. The molecule has 3 aromatic heterocycles. The first-order valence-corrected chi connectivity index (χ1v) is 16.4. The van der Waals surface area contributed by atoms with Crippen molar-refractivity contribution >= 4 is 33.9 Å². The number of nitrogens with zero attached hydrogens (tertiary/aromatic N) is 5. The monoisotopic (exact) mass is 615 g/mol. The summed E-state index contributed by atoms with van der Waals surface area (Å²) in [5, 5.41) is 4.00. The Morgan fingerprint density at radius 2 is 1.85 bits per heavy atom. The van der Waals surface area contributed by atoms with Gasteiger partial charge in [-0.25, -0.2) is 9.97 Å².